The summed E-state index contributed by atoms with van der Waals surface area (Å²) in [4.78, 5) is 25.7. The molecule has 0 atom stereocenters. The molecule has 1 aliphatic heterocycles. The summed E-state index contributed by atoms with van der Waals surface area (Å²) in [5, 5.41) is 0. The van der Waals surface area contributed by atoms with Crippen LogP contribution in [0.5, 0.6) is 0 Å². The van der Waals surface area contributed by atoms with E-state index in [0.29, 0.717) is 11.1 Å². The van der Waals surface area contributed by atoms with Crippen LogP contribution in [-0.4, -0.2) is 16.7 Å². The number of imide groups is 1. The maximum Gasteiger partial charge on any atom is 0.265 e. The summed E-state index contributed by atoms with van der Waals surface area (Å²) < 4.78 is 0. The molecule has 1 fully saturated rings. The molecule has 0 spiro atoms. The molecular formula is C16H15NO2. The molecule has 0 radical (unpaired) electrons. The second kappa shape index (κ2) is 4.50. The maximum absolute atomic E-state index is 12.2. The summed E-state index contributed by atoms with van der Waals surface area (Å²) in [6.07, 6.45) is 5.76. The Morgan fingerprint density at radius 2 is 1.58 bits per heavy atom. The van der Waals surface area contributed by atoms with Crippen LogP contribution in [0.2, 0.25) is 0 Å². The normalized spacial score (nSPS) is 21.2. The molecule has 96 valence electrons. The number of benzene rings is 1. The second-order valence-electron chi connectivity index (χ2n) is 4.99. The lowest BCUT2D eigenvalue weighted by molar-refractivity contribution is 0.0720. The first-order valence-electron chi connectivity index (χ1n) is 6.54. The van der Waals surface area contributed by atoms with Crippen LogP contribution < -0.4 is 0 Å². The fraction of sp³-hybridized carbons (Fsp3) is 0.250. The highest BCUT2D eigenvalue weighted by atomic mass is 16.2. The van der Waals surface area contributed by atoms with Crippen molar-refractivity contribution in [3.8, 4) is 0 Å². The number of nitrogens with zero attached hydrogens (tertiary/aromatic N) is 1. The highest BCUT2D eigenvalue weighted by Crippen LogP contribution is 2.30. The lowest BCUT2D eigenvalue weighted by atomic mass is 9.91. The number of fused-ring (bicyclic) bond motifs is 1. The molecular weight excluding hydrogens is 238 g/mol. The summed E-state index contributed by atoms with van der Waals surface area (Å²) in [5.41, 5.74) is 3.06. The van der Waals surface area contributed by atoms with Gasteiger partial charge in [-0.3, -0.25) is 9.59 Å². The minimum absolute atomic E-state index is 0.230. The molecule has 1 aromatic rings. The van der Waals surface area contributed by atoms with E-state index in [-0.39, 0.29) is 11.8 Å². The zero-order valence-corrected chi connectivity index (χ0v) is 10.7. The van der Waals surface area contributed by atoms with E-state index in [1.54, 1.807) is 30.5 Å². The molecule has 1 aliphatic carbocycles. The quantitative estimate of drug-likeness (QED) is 0.720. The molecule has 0 aromatic heterocycles. The van der Waals surface area contributed by atoms with Gasteiger partial charge in [0.15, 0.2) is 0 Å². The number of carbonyl (C=O) groups excluding carboxylic acids is 2. The first-order valence-corrected chi connectivity index (χ1v) is 6.54. The largest absolute Gasteiger partial charge is 0.268 e. The average Bonchev–Trinajstić information content (AvgIpc) is 2.67. The molecule has 2 aliphatic rings. The van der Waals surface area contributed by atoms with E-state index in [2.05, 4.69) is 6.58 Å². The van der Waals surface area contributed by atoms with Gasteiger partial charge in [-0.05, 0) is 43.4 Å². The van der Waals surface area contributed by atoms with E-state index in [9.17, 15) is 9.59 Å². The van der Waals surface area contributed by atoms with E-state index in [1.807, 2.05) is 0 Å². The van der Waals surface area contributed by atoms with Crippen LogP contribution >= 0.6 is 0 Å². The topological polar surface area (TPSA) is 37.4 Å². The summed E-state index contributed by atoms with van der Waals surface area (Å²) in [6, 6.07) is 6.95. The number of rotatable bonds is 1. The minimum atomic E-state index is -0.230. The number of amides is 2. The lowest BCUT2D eigenvalue weighted by Crippen LogP contribution is -2.24. The van der Waals surface area contributed by atoms with Crippen LogP contribution in [-0.2, 0) is 0 Å². The van der Waals surface area contributed by atoms with Crippen molar-refractivity contribution in [1.82, 2.24) is 4.90 Å². The van der Waals surface area contributed by atoms with Gasteiger partial charge in [-0.25, -0.2) is 4.90 Å². The number of carbonyl (C=O) groups is 2. The average molecular weight is 253 g/mol. The van der Waals surface area contributed by atoms with Crippen molar-refractivity contribution >= 4 is 11.8 Å². The number of allylic oxidation sites excluding steroid dienone is 2. The Morgan fingerprint density at radius 1 is 1.00 bits per heavy atom. The van der Waals surface area contributed by atoms with Gasteiger partial charge >= 0.3 is 0 Å². The third-order valence-electron chi connectivity index (χ3n) is 3.74. The zero-order chi connectivity index (χ0) is 13.4. The SMILES string of the molecule is C=C1CCCC/C1=C/N1C(=O)c2ccccc2C1=O. The zero-order valence-electron chi connectivity index (χ0n) is 10.7. The lowest BCUT2D eigenvalue weighted by Gasteiger charge is -2.19. The molecule has 0 unspecified atom stereocenters. The predicted molar refractivity (Wildman–Crippen MR) is 72.6 cm³/mol. The first kappa shape index (κ1) is 11.9. The van der Waals surface area contributed by atoms with Crippen molar-refractivity contribution in [3.63, 3.8) is 0 Å². The first-order chi connectivity index (χ1) is 9.18. The van der Waals surface area contributed by atoms with Crippen molar-refractivity contribution in [3.05, 3.63) is 59.3 Å². The molecule has 19 heavy (non-hydrogen) atoms. The molecule has 3 rings (SSSR count). The monoisotopic (exact) mass is 253 g/mol. The van der Waals surface area contributed by atoms with Crippen LogP contribution in [0.4, 0.5) is 0 Å². The standard InChI is InChI=1S/C16H15NO2/c1-11-6-2-3-7-12(11)10-17-15(18)13-8-4-5-9-14(13)16(17)19/h4-5,8-10H,1-3,6-7H2/b12-10-. The summed E-state index contributed by atoms with van der Waals surface area (Å²) in [7, 11) is 0. The molecule has 3 heteroatoms. The number of hydrogen-bond acceptors (Lipinski definition) is 2. The third-order valence-corrected chi connectivity index (χ3v) is 3.74. The predicted octanol–water partition coefficient (Wildman–Crippen LogP) is 3.30. The van der Waals surface area contributed by atoms with E-state index in [1.165, 1.54) is 4.90 Å². The van der Waals surface area contributed by atoms with Gasteiger partial charge in [0.05, 0.1) is 11.1 Å². The Morgan fingerprint density at radius 3 is 2.16 bits per heavy atom. The van der Waals surface area contributed by atoms with Crippen LogP contribution in [0, 0.1) is 0 Å². The van der Waals surface area contributed by atoms with Crippen LogP contribution in [0.25, 0.3) is 0 Å². The van der Waals surface area contributed by atoms with Crippen molar-refractivity contribution in [2.45, 2.75) is 25.7 Å². The molecule has 1 aromatic carbocycles. The molecule has 3 nitrogen and oxygen atoms in total. The van der Waals surface area contributed by atoms with Gasteiger partial charge in [-0.2, -0.15) is 0 Å². The second-order valence-corrected chi connectivity index (χ2v) is 4.99. The Kier molecular flexibility index (Phi) is 2.82. The van der Waals surface area contributed by atoms with Crippen molar-refractivity contribution in [1.29, 1.82) is 0 Å². The van der Waals surface area contributed by atoms with Crippen LogP contribution in [0.15, 0.2) is 48.2 Å². The summed E-state index contributed by atoms with van der Waals surface area (Å²) >= 11 is 0. The van der Waals surface area contributed by atoms with Gasteiger partial charge < -0.3 is 0 Å². The minimum Gasteiger partial charge on any atom is -0.268 e. The Hall–Kier alpha value is -2.16. The van der Waals surface area contributed by atoms with Crippen molar-refractivity contribution in [2.24, 2.45) is 0 Å². The number of hydrogen-bond donors (Lipinski definition) is 0. The summed E-state index contributed by atoms with van der Waals surface area (Å²) in [6.45, 7) is 4.02. The van der Waals surface area contributed by atoms with Crippen molar-refractivity contribution < 1.29 is 9.59 Å². The highest BCUT2D eigenvalue weighted by molar-refractivity contribution is 6.22. The van der Waals surface area contributed by atoms with E-state index in [4.69, 9.17) is 0 Å². The van der Waals surface area contributed by atoms with E-state index >= 15 is 0 Å². The highest BCUT2D eigenvalue weighted by Gasteiger charge is 2.34. The molecule has 0 saturated heterocycles. The van der Waals surface area contributed by atoms with E-state index < -0.39 is 0 Å². The van der Waals surface area contributed by atoms with Gasteiger partial charge in [-0.1, -0.05) is 24.3 Å². The Balaban J connectivity index is 1.96. The van der Waals surface area contributed by atoms with Crippen LogP contribution in [0.3, 0.4) is 0 Å². The van der Waals surface area contributed by atoms with Gasteiger partial charge in [0.2, 0.25) is 0 Å². The molecule has 1 heterocycles. The Labute approximate surface area is 112 Å². The fourth-order valence-electron chi connectivity index (χ4n) is 2.63. The van der Waals surface area contributed by atoms with Gasteiger partial charge in [-0.15, -0.1) is 0 Å². The van der Waals surface area contributed by atoms with Crippen molar-refractivity contribution in [2.75, 3.05) is 0 Å². The molecule has 1 saturated carbocycles. The summed E-state index contributed by atoms with van der Waals surface area (Å²) in [5.74, 6) is -0.460. The molecule has 0 bridgehead atoms. The Bertz CT molecular complexity index is 578. The van der Waals surface area contributed by atoms with Crippen LogP contribution in [0.1, 0.15) is 46.4 Å². The fourth-order valence-corrected chi connectivity index (χ4v) is 2.63. The van der Waals surface area contributed by atoms with Gasteiger partial charge in [0, 0.05) is 6.20 Å². The van der Waals surface area contributed by atoms with E-state index in [0.717, 1.165) is 36.8 Å². The van der Waals surface area contributed by atoms with Gasteiger partial charge in [0.25, 0.3) is 11.8 Å². The van der Waals surface area contributed by atoms with Gasteiger partial charge in [0.1, 0.15) is 0 Å². The third kappa shape index (κ3) is 1.91. The smallest absolute Gasteiger partial charge is 0.265 e. The maximum atomic E-state index is 12.2. The molecule has 0 N–H and O–H groups in total. The molecule has 2 amide bonds.